The zero-order valence-corrected chi connectivity index (χ0v) is 16.9. The molecule has 2 aliphatic heterocycles. The molecule has 0 bridgehead atoms. The van der Waals surface area contributed by atoms with Gasteiger partial charge in [-0.15, -0.1) is 0 Å². The number of amides is 1. The maximum absolute atomic E-state index is 11.6. The predicted molar refractivity (Wildman–Crippen MR) is 112 cm³/mol. The van der Waals surface area contributed by atoms with E-state index in [0.29, 0.717) is 12.0 Å². The average Bonchev–Trinajstić information content (AvgIpc) is 2.75. The van der Waals surface area contributed by atoms with Crippen LogP contribution in [0.25, 0.3) is 0 Å². The van der Waals surface area contributed by atoms with Crippen molar-refractivity contribution in [3.8, 4) is 0 Å². The van der Waals surface area contributed by atoms with Crippen LogP contribution in [0.15, 0.2) is 48.5 Å². The fourth-order valence-corrected chi connectivity index (χ4v) is 4.75. The summed E-state index contributed by atoms with van der Waals surface area (Å²) in [4.78, 5) is 21.3. The second-order valence-corrected chi connectivity index (χ2v) is 8.29. The van der Waals surface area contributed by atoms with E-state index >= 15 is 0 Å². The lowest BCUT2D eigenvalue weighted by Gasteiger charge is -2.42. The molecular formula is C24H31N3O. The summed E-state index contributed by atoms with van der Waals surface area (Å²) in [6, 6.07) is 17.7. The third-order valence-corrected chi connectivity index (χ3v) is 6.35. The monoisotopic (exact) mass is 377 g/mol. The predicted octanol–water partition coefficient (Wildman–Crippen LogP) is 3.86. The Kier molecular flexibility index (Phi) is 6.06. The Hall–Kier alpha value is -2.20. The SMILES string of the molecule is CC(=O)N1CCC(N2CCC[C@H](c3cccc(Cc4ccccc4)n3)C2)CC1. The van der Waals surface area contributed by atoms with Crippen LogP contribution in [0.1, 0.15) is 55.5 Å². The van der Waals surface area contributed by atoms with Crippen molar-refractivity contribution in [2.45, 2.75) is 51.0 Å². The summed E-state index contributed by atoms with van der Waals surface area (Å²) in [6.07, 6.45) is 5.57. The number of pyridine rings is 1. The lowest BCUT2D eigenvalue weighted by molar-refractivity contribution is -0.130. The fourth-order valence-electron chi connectivity index (χ4n) is 4.75. The van der Waals surface area contributed by atoms with Crippen LogP contribution >= 0.6 is 0 Å². The van der Waals surface area contributed by atoms with Crippen molar-refractivity contribution in [3.63, 3.8) is 0 Å². The van der Waals surface area contributed by atoms with Gasteiger partial charge in [-0.2, -0.15) is 0 Å². The fraction of sp³-hybridized carbons (Fsp3) is 0.500. The lowest BCUT2D eigenvalue weighted by atomic mass is 9.91. The number of benzene rings is 1. The van der Waals surface area contributed by atoms with Crippen LogP contribution in [0.3, 0.4) is 0 Å². The summed E-state index contributed by atoms with van der Waals surface area (Å²) in [5, 5.41) is 0. The molecule has 2 fully saturated rings. The smallest absolute Gasteiger partial charge is 0.219 e. The van der Waals surface area contributed by atoms with Crippen LogP contribution in [0.2, 0.25) is 0 Å². The van der Waals surface area contributed by atoms with E-state index in [1.165, 1.54) is 30.6 Å². The van der Waals surface area contributed by atoms with Gasteiger partial charge in [-0.3, -0.25) is 14.7 Å². The number of carbonyl (C=O) groups is 1. The highest BCUT2D eigenvalue weighted by atomic mass is 16.2. The Morgan fingerprint density at radius 2 is 1.79 bits per heavy atom. The van der Waals surface area contributed by atoms with Gasteiger partial charge < -0.3 is 4.90 Å². The standard InChI is InChI=1S/C24H31N3O/c1-19(28)26-15-12-23(13-16-26)27-14-6-9-21(18-27)24-11-5-10-22(25-24)17-20-7-3-2-4-8-20/h2-5,7-8,10-11,21,23H,6,9,12-18H2,1H3/t21-/m0/s1. The summed E-state index contributed by atoms with van der Waals surface area (Å²) in [7, 11) is 0. The van der Waals surface area contributed by atoms with Gasteiger partial charge in [0, 0.05) is 56.3 Å². The molecule has 3 heterocycles. The molecule has 0 unspecified atom stereocenters. The Labute approximate surface area is 168 Å². The molecule has 2 saturated heterocycles. The van der Waals surface area contributed by atoms with E-state index in [-0.39, 0.29) is 5.91 Å². The van der Waals surface area contributed by atoms with Gasteiger partial charge in [0.15, 0.2) is 0 Å². The van der Waals surface area contributed by atoms with Crippen molar-refractivity contribution in [1.29, 1.82) is 0 Å². The van der Waals surface area contributed by atoms with Gasteiger partial charge in [0.2, 0.25) is 5.91 Å². The number of nitrogens with zero attached hydrogens (tertiary/aromatic N) is 3. The molecular weight excluding hydrogens is 346 g/mol. The molecule has 4 heteroatoms. The van der Waals surface area contributed by atoms with E-state index in [1.807, 2.05) is 4.90 Å². The minimum atomic E-state index is 0.217. The van der Waals surface area contributed by atoms with Crippen LogP contribution < -0.4 is 0 Å². The van der Waals surface area contributed by atoms with Crippen LogP contribution in [0, 0.1) is 0 Å². The van der Waals surface area contributed by atoms with Crippen molar-refractivity contribution in [3.05, 3.63) is 65.5 Å². The molecule has 1 aromatic carbocycles. The lowest BCUT2D eigenvalue weighted by Crippen LogP contribution is -2.49. The van der Waals surface area contributed by atoms with Crippen molar-refractivity contribution >= 4 is 5.91 Å². The Bertz CT molecular complexity index is 783. The molecule has 0 saturated carbocycles. The van der Waals surface area contributed by atoms with Gasteiger partial charge in [0.05, 0.1) is 0 Å². The number of carbonyl (C=O) groups excluding carboxylic acids is 1. The summed E-state index contributed by atoms with van der Waals surface area (Å²) in [5.41, 5.74) is 3.73. The summed E-state index contributed by atoms with van der Waals surface area (Å²) < 4.78 is 0. The quantitative estimate of drug-likeness (QED) is 0.812. The first-order chi connectivity index (χ1) is 13.7. The van der Waals surface area contributed by atoms with Crippen molar-refractivity contribution < 1.29 is 4.79 Å². The summed E-state index contributed by atoms with van der Waals surface area (Å²) in [5.74, 6) is 0.740. The number of likely N-dealkylation sites (tertiary alicyclic amines) is 2. The number of rotatable bonds is 4. The third-order valence-electron chi connectivity index (χ3n) is 6.35. The van der Waals surface area contributed by atoms with E-state index in [2.05, 4.69) is 53.4 Å². The van der Waals surface area contributed by atoms with Gasteiger partial charge in [0.25, 0.3) is 0 Å². The molecule has 1 atom stereocenters. The van der Waals surface area contributed by atoms with Crippen molar-refractivity contribution in [1.82, 2.24) is 14.8 Å². The molecule has 148 valence electrons. The number of piperidine rings is 2. The van der Waals surface area contributed by atoms with Gasteiger partial charge in [0.1, 0.15) is 0 Å². The second kappa shape index (κ2) is 8.87. The molecule has 0 spiro atoms. The van der Waals surface area contributed by atoms with E-state index in [0.717, 1.165) is 44.6 Å². The molecule has 4 nitrogen and oxygen atoms in total. The zero-order chi connectivity index (χ0) is 19.3. The maximum Gasteiger partial charge on any atom is 0.219 e. The van der Waals surface area contributed by atoms with Crippen LogP contribution in [0.5, 0.6) is 0 Å². The highest BCUT2D eigenvalue weighted by Crippen LogP contribution is 2.29. The molecule has 1 aromatic heterocycles. The third kappa shape index (κ3) is 4.61. The molecule has 0 aliphatic carbocycles. The largest absolute Gasteiger partial charge is 0.343 e. The number of hydrogen-bond acceptors (Lipinski definition) is 3. The Morgan fingerprint density at radius 1 is 1.00 bits per heavy atom. The Balaban J connectivity index is 1.39. The van der Waals surface area contributed by atoms with E-state index in [4.69, 9.17) is 4.98 Å². The minimum Gasteiger partial charge on any atom is -0.343 e. The first kappa shape index (κ1) is 19.1. The highest BCUT2D eigenvalue weighted by molar-refractivity contribution is 5.73. The molecule has 2 aliphatic rings. The maximum atomic E-state index is 11.6. The van der Waals surface area contributed by atoms with Crippen LogP contribution in [-0.2, 0) is 11.2 Å². The average molecular weight is 378 g/mol. The normalized spacial score (nSPS) is 21.6. The second-order valence-electron chi connectivity index (χ2n) is 8.29. The first-order valence-electron chi connectivity index (χ1n) is 10.7. The zero-order valence-electron chi connectivity index (χ0n) is 16.9. The van der Waals surface area contributed by atoms with E-state index in [1.54, 1.807) is 6.92 Å². The van der Waals surface area contributed by atoms with Gasteiger partial charge in [-0.25, -0.2) is 0 Å². The molecule has 28 heavy (non-hydrogen) atoms. The van der Waals surface area contributed by atoms with Crippen molar-refractivity contribution in [2.75, 3.05) is 26.2 Å². The summed E-state index contributed by atoms with van der Waals surface area (Å²) >= 11 is 0. The van der Waals surface area contributed by atoms with Gasteiger partial charge in [-0.05, 0) is 49.9 Å². The molecule has 4 rings (SSSR count). The van der Waals surface area contributed by atoms with Crippen LogP contribution in [-0.4, -0.2) is 52.9 Å². The van der Waals surface area contributed by atoms with E-state index < -0.39 is 0 Å². The van der Waals surface area contributed by atoms with Crippen LogP contribution in [0.4, 0.5) is 0 Å². The van der Waals surface area contributed by atoms with Gasteiger partial charge in [-0.1, -0.05) is 36.4 Å². The number of aromatic nitrogens is 1. The first-order valence-corrected chi connectivity index (χ1v) is 10.7. The Morgan fingerprint density at radius 3 is 2.54 bits per heavy atom. The van der Waals surface area contributed by atoms with Gasteiger partial charge >= 0.3 is 0 Å². The molecule has 1 amide bonds. The highest BCUT2D eigenvalue weighted by Gasteiger charge is 2.30. The van der Waals surface area contributed by atoms with Crippen molar-refractivity contribution in [2.24, 2.45) is 0 Å². The molecule has 0 N–H and O–H groups in total. The molecule has 2 aromatic rings. The summed E-state index contributed by atoms with van der Waals surface area (Å²) in [6.45, 7) is 5.79. The number of hydrogen-bond donors (Lipinski definition) is 0. The topological polar surface area (TPSA) is 36.4 Å². The van der Waals surface area contributed by atoms with E-state index in [9.17, 15) is 4.79 Å². The minimum absolute atomic E-state index is 0.217. The molecule has 0 radical (unpaired) electrons.